The number of fused-ring (bicyclic) bond motifs is 1. The molecule has 0 aliphatic heterocycles. The lowest BCUT2D eigenvalue weighted by Gasteiger charge is -2.10. The molecule has 3 aromatic carbocycles. The Hall–Kier alpha value is -3.50. The van der Waals surface area contributed by atoms with E-state index in [0.717, 1.165) is 5.56 Å². The van der Waals surface area contributed by atoms with Gasteiger partial charge in [0.05, 0.1) is 21.8 Å². The van der Waals surface area contributed by atoms with E-state index in [1.54, 1.807) is 30.3 Å². The maximum atomic E-state index is 12.8. The molecule has 0 saturated heterocycles. The van der Waals surface area contributed by atoms with Crippen molar-refractivity contribution >= 4 is 34.3 Å². The Balaban J connectivity index is 1.65. The Bertz CT molecular complexity index is 1210. The Kier molecular flexibility index (Phi) is 5.36. The van der Waals surface area contributed by atoms with Gasteiger partial charge in [0.25, 0.3) is 0 Å². The van der Waals surface area contributed by atoms with Crippen molar-refractivity contribution in [3.8, 4) is 11.3 Å². The minimum atomic E-state index is -0.582. The molecule has 0 spiro atoms. The number of rotatable bonds is 5. The van der Waals surface area contributed by atoms with Crippen LogP contribution in [0.3, 0.4) is 0 Å². The number of aromatic nitrogens is 1. The molecular formula is C24H16ClNO3. The number of ketones is 1. The first-order valence-corrected chi connectivity index (χ1v) is 9.41. The zero-order valence-electron chi connectivity index (χ0n) is 15.3. The van der Waals surface area contributed by atoms with Crippen LogP contribution in [-0.2, 0) is 4.74 Å². The van der Waals surface area contributed by atoms with Crippen LogP contribution in [0.15, 0.2) is 84.9 Å². The van der Waals surface area contributed by atoms with Crippen LogP contribution in [0.25, 0.3) is 22.2 Å². The van der Waals surface area contributed by atoms with Gasteiger partial charge in [-0.1, -0.05) is 72.3 Å². The number of ether oxygens (including phenoxy) is 1. The van der Waals surface area contributed by atoms with Crippen LogP contribution in [0.5, 0.6) is 0 Å². The van der Waals surface area contributed by atoms with Gasteiger partial charge in [-0.2, -0.15) is 0 Å². The number of nitrogens with zero attached hydrogens (tertiary/aromatic N) is 1. The van der Waals surface area contributed by atoms with Gasteiger partial charge in [0.1, 0.15) is 0 Å². The predicted molar refractivity (Wildman–Crippen MR) is 113 cm³/mol. The summed E-state index contributed by atoms with van der Waals surface area (Å²) in [5.74, 6) is -0.938. The lowest BCUT2D eigenvalue weighted by atomic mass is 10.0. The van der Waals surface area contributed by atoms with Crippen molar-refractivity contribution in [2.45, 2.75) is 0 Å². The SMILES string of the molecule is O=C(COC(=O)c1cc(-c2ccccc2)nc2ccccc12)c1ccccc1Cl. The molecule has 4 rings (SSSR count). The Morgan fingerprint density at radius 1 is 0.828 bits per heavy atom. The maximum absolute atomic E-state index is 12.8. The second-order valence-electron chi connectivity index (χ2n) is 6.42. The van der Waals surface area contributed by atoms with Crippen molar-refractivity contribution in [2.75, 3.05) is 6.61 Å². The van der Waals surface area contributed by atoms with E-state index < -0.39 is 5.97 Å². The molecule has 0 radical (unpaired) electrons. The third-order valence-corrected chi connectivity index (χ3v) is 4.84. The highest BCUT2D eigenvalue weighted by molar-refractivity contribution is 6.34. The first kappa shape index (κ1) is 18.8. The van der Waals surface area contributed by atoms with Crippen LogP contribution in [-0.4, -0.2) is 23.3 Å². The summed E-state index contributed by atoms with van der Waals surface area (Å²) in [6, 6.07) is 25.3. The quantitative estimate of drug-likeness (QED) is 0.323. The molecule has 0 atom stereocenters. The topological polar surface area (TPSA) is 56.3 Å². The normalized spacial score (nSPS) is 10.7. The third-order valence-electron chi connectivity index (χ3n) is 4.51. The standard InChI is InChI=1S/C24H16ClNO3/c25-20-12-6-4-11-18(20)23(27)15-29-24(28)19-14-22(16-8-2-1-3-9-16)26-21-13-7-5-10-17(19)21/h1-14H,15H2. The number of hydrogen-bond acceptors (Lipinski definition) is 4. The molecule has 0 bridgehead atoms. The van der Waals surface area contributed by atoms with Crippen molar-refractivity contribution < 1.29 is 14.3 Å². The van der Waals surface area contributed by atoms with Gasteiger partial charge in [-0.25, -0.2) is 9.78 Å². The Labute approximate surface area is 172 Å². The molecule has 4 aromatic rings. The van der Waals surface area contributed by atoms with Crippen molar-refractivity contribution in [1.29, 1.82) is 0 Å². The highest BCUT2D eigenvalue weighted by Gasteiger charge is 2.18. The summed E-state index contributed by atoms with van der Waals surface area (Å²) >= 11 is 6.05. The highest BCUT2D eigenvalue weighted by Crippen LogP contribution is 2.25. The van der Waals surface area contributed by atoms with E-state index in [2.05, 4.69) is 4.98 Å². The molecule has 0 saturated carbocycles. The number of para-hydroxylation sites is 1. The summed E-state index contributed by atoms with van der Waals surface area (Å²) in [7, 11) is 0. The van der Waals surface area contributed by atoms with Crippen LogP contribution < -0.4 is 0 Å². The fraction of sp³-hybridized carbons (Fsp3) is 0.0417. The summed E-state index contributed by atoms with van der Waals surface area (Å²) in [5.41, 5.74) is 2.92. The molecule has 0 aliphatic rings. The van der Waals surface area contributed by atoms with E-state index in [4.69, 9.17) is 16.3 Å². The molecule has 0 amide bonds. The zero-order valence-corrected chi connectivity index (χ0v) is 16.1. The van der Waals surface area contributed by atoms with Gasteiger partial charge in [-0.15, -0.1) is 0 Å². The van der Waals surface area contributed by atoms with Gasteiger partial charge >= 0.3 is 5.97 Å². The van der Waals surface area contributed by atoms with Crippen LogP contribution in [0.1, 0.15) is 20.7 Å². The van der Waals surface area contributed by atoms with Crippen LogP contribution in [0.4, 0.5) is 0 Å². The Morgan fingerprint density at radius 2 is 1.52 bits per heavy atom. The number of esters is 1. The minimum Gasteiger partial charge on any atom is -0.454 e. The molecule has 0 N–H and O–H groups in total. The van der Waals surface area contributed by atoms with E-state index >= 15 is 0 Å². The molecule has 0 aliphatic carbocycles. The minimum absolute atomic E-state index is 0.325. The number of halogens is 1. The van der Waals surface area contributed by atoms with Gasteiger partial charge in [0.2, 0.25) is 5.78 Å². The lowest BCUT2D eigenvalue weighted by Crippen LogP contribution is -2.15. The second kappa shape index (κ2) is 8.25. The van der Waals surface area contributed by atoms with E-state index in [0.29, 0.717) is 32.7 Å². The summed E-state index contributed by atoms with van der Waals surface area (Å²) in [4.78, 5) is 29.9. The highest BCUT2D eigenvalue weighted by atomic mass is 35.5. The zero-order chi connectivity index (χ0) is 20.2. The first-order valence-electron chi connectivity index (χ1n) is 9.03. The Morgan fingerprint density at radius 3 is 2.31 bits per heavy atom. The number of carbonyl (C=O) groups excluding carboxylic acids is 2. The summed E-state index contributed by atoms with van der Waals surface area (Å²) < 4.78 is 5.32. The fourth-order valence-corrected chi connectivity index (χ4v) is 3.32. The average molecular weight is 402 g/mol. The summed E-state index contributed by atoms with van der Waals surface area (Å²) in [6.45, 7) is -0.389. The fourth-order valence-electron chi connectivity index (χ4n) is 3.08. The van der Waals surface area contributed by atoms with Gasteiger partial charge in [-0.05, 0) is 24.3 Å². The van der Waals surface area contributed by atoms with Crippen LogP contribution in [0.2, 0.25) is 5.02 Å². The summed E-state index contributed by atoms with van der Waals surface area (Å²) in [6.07, 6.45) is 0. The second-order valence-corrected chi connectivity index (χ2v) is 6.82. The van der Waals surface area contributed by atoms with Gasteiger partial charge in [0, 0.05) is 16.5 Å². The molecule has 4 nitrogen and oxygen atoms in total. The molecule has 0 fully saturated rings. The molecule has 142 valence electrons. The van der Waals surface area contributed by atoms with Crippen molar-refractivity contribution in [3.05, 3.63) is 101 Å². The molecular weight excluding hydrogens is 386 g/mol. The molecule has 29 heavy (non-hydrogen) atoms. The number of Topliss-reactive ketones (excluding diaryl/α,β-unsaturated/α-hetero) is 1. The number of benzene rings is 3. The maximum Gasteiger partial charge on any atom is 0.339 e. The number of carbonyl (C=O) groups is 2. The number of hydrogen-bond donors (Lipinski definition) is 0. The smallest absolute Gasteiger partial charge is 0.339 e. The molecule has 5 heteroatoms. The van der Waals surface area contributed by atoms with E-state index in [-0.39, 0.29) is 12.4 Å². The van der Waals surface area contributed by atoms with Crippen molar-refractivity contribution in [1.82, 2.24) is 4.98 Å². The largest absolute Gasteiger partial charge is 0.454 e. The van der Waals surface area contributed by atoms with Gasteiger partial charge in [-0.3, -0.25) is 4.79 Å². The van der Waals surface area contributed by atoms with Crippen LogP contribution >= 0.6 is 11.6 Å². The van der Waals surface area contributed by atoms with E-state index in [1.165, 1.54) is 0 Å². The van der Waals surface area contributed by atoms with Gasteiger partial charge < -0.3 is 4.74 Å². The van der Waals surface area contributed by atoms with Gasteiger partial charge in [0.15, 0.2) is 6.61 Å². The molecule has 1 aromatic heterocycles. The molecule has 0 unspecified atom stereocenters. The predicted octanol–water partition coefficient (Wildman–Crippen LogP) is 5.59. The number of pyridine rings is 1. The monoisotopic (exact) mass is 401 g/mol. The first-order chi connectivity index (χ1) is 14.1. The van der Waals surface area contributed by atoms with Crippen molar-refractivity contribution in [3.63, 3.8) is 0 Å². The van der Waals surface area contributed by atoms with Crippen molar-refractivity contribution in [2.24, 2.45) is 0 Å². The average Bonchev–Trinajstić information content (AvgIpc) is 2.77. The van der Waals surface area contributed by atoms with Crippen LogP contribution in [0, 0.1) is 0 Å². The van der Waals surface area contributed by atoms with E-state index in [1.807, 2.05) is 54.6 Å². The summed E-state index contributed by atoms with van der Waals surface area (Å²) in [5, 5.41) is 0.997. The third kappa shape index (κ3) is 4.03. The van der Waals surface area contributed by atoms with E-state index in [9.17, 15) is 9.59 Å². The molecule has 1 heterocycles. The lowest BCUT2D eigenvalue weighted by molar-refractivity contribution is 0.0476.